The Kier molecular flexibility index (Phi) is 5.51. The van der Waals surface area contributed by atoms with Gasteiger partial charge in [0.15, 0.2) is 0 Å². The van der Waals surface area contributed by atoms with Crippen LogP contribution in [0.4, 0.5) is 0 Å². The second-order valence-corrected chi connectivity index (χ2v) is 7.29. The van der Waals surface area contributed by atoms with Gasteiger partial charge in [0.25, 0.3) is 5.91 Å². The first-order chi connectivity index (χ1) is 14.5. The molecule has 1 fully saturated rings. The SMILES string of the molecule is COc1ccccc1-c1cc(C(=O)N2CC(C(=O)NCCn3ccc(C)n3)C2)[nH]n1. The Morgan fingerprint density at radius 2 is 2.07 bits per heavy atom. The highest BCUT2D eigenvalue weighted by atomic mass is 16.5. The summed E-state index contributed by atoms with van der Waals surface area (Å²) in [5, 5.41) is 14.2. The summed E-state index contributed by atoms with van der Waals surface area (Å²) in [6.45, 7) is 3.85. The first-order valence-electron chi connectivity index (χ1n) is 9.81. The number of nitrogens with zero attached hydrogens (tertiary/aromatic N) is 4. The van der Waals surface area contributed by atoms with Gasteiger partial charge in [-0.25, -0.2) is 0 Å². The fourth-order valence-corrected chi connectivity index (χ4v) is 3.43. The van der Waals surface area contributed by atoms with Crippen LogP contribution in [0.25, 0.3) is 11.3 Å². The number of carbonyl (C=O) groups is 2. The molecule has 3 aromatic rings. The molecule has 9 heteroatoms. The second-order valence-electron chi connectivity index (χ2n) is 7.29. The summed E-state index contributed by atoms with van der Waals surface area (Å²) in [6.07, 6.45) is 1.88. The zero-order valence-electron chi connectivity index (χ0n) is 17.0. The van der Waals surface area contributed by atoms with Crippen molar-refractivity contribution in [3.05, 3.63) is 54.0 Å². The molecule has 156 valence electrons. The van der Waals surface area contributed by atoms with Crippen LogP contribution in [0.3, 0.4) is 0 Å². The molecule has 0 unspecified atom stereocenters. The highest BCUT2D eigenvalue weighted by Gasteiger charge is 2.36. The molecule has 0 spiro atoms. The van der Waals surface area contributed by atoms with Crippen LogP contribution in [-0.4, -0.2) is 63.4 Å². The van der Waals surface area contributed by atoms with Crippen molar-refractivity contribution in [1.29, 1.82) is 0 Å². The second kappa shape index (κ2) is 8.40. The summed E-state index contributed by atoms with van der Waals surface area (Å²) < 4.78 is 7.15. The highest BCUT2D eigenvalue weighted by molar-refractivity contribution is 5.95. The van der Waals surface area contributed by atoms with Crippen LogP contribution < -0.4 is 10.1 Å². The molecule has 2 amide bonds. The van der Waals surface area contributed by atoms with E-state index < -0.39 is 0 Å². The van der Waals surface area contributed by atoms with Gasteiger partial charge in [0.2, 0.25) is 5.91 Å². The topological polar surface area (TPSA) is 105 Å². The first-order valence-corrected chi connectivity index (χ1v) is 9.81. The van der Waals surface area contributed by atoms with E-state index in [0.29, 0.717) is 43.3 Å². The van der Waals surface area contributed by atoms with Gasteiger partial charge in [0.1, 0.15) is 11.4 Å². The fourth-order valence-electron chi connectivity index (χ4n) is 3.43. The van der Waals surface area contributed by atoms with Gasteiger partial charge in [0.05, 0.1) is 31.0 Å². The number of aryl methyl sites for hydroxylation is 1. The number of rotatable bonds is 7. The quantitative estimate of drug-likeness (QED) is 0.616. The van der Waals surface area contributed by atoms with Gasteiger partial charge in [-0.2, -0.15) is 10.2 Å². The van der Waals surface area contributed by atoms with Gasteiger partial charge in [-0.15, -0.1) is 0 Å². The smallest absolute Gasteiger partial charge is 0.271 e. The van der Waals surface area contributed by atoms with E-state index >= 15 is 0 Å². The molecule has 1 aromatic carbocycles. The number of benzene rings is 1. The standard InChI is InChI=1S/C21H24N6O3/c1-14-7-9-27(25-14)10-8-22-20(28)15-12-26(13-15)21(29)18-11-17(23-24-18)16-5-3-4-6-19(16)30-2/h3-7,9,11,15H,8,10,12-13H2,1-2H3,(H,22,28)(H,23,24). The molecule has 2 N–H and O–H groups in total. The van der Waals surface area contributed by atoms with Gasteiger partial charge < -0.3 is 15.0 Å². The van der Waals surface area contributed by atoms with E-state index in [1.807, 2.05) is 43.5 Å². The van der Waals surface area contributed by atoms with Crippen molar-refractivity contribution in [3.63, 3.8) is 0 Å². The molecule has 4 rings (SSSR count). The molecule has 9 nitrogen and oxygen atoms in total. The number of carbonyl (C=O) groups excluding carboxylic acids is 2. The predicted molar refractivity (Wildman–Crippen MR) is 110 cm³/mol. The third kappa shape index (κ3) is 4.05. The molecule has 0 bridgehead atoms. The number of nitrogens with one attached hydrogen (secondary N) is 2. The zero-order valence-corrected chi connectivity index (χ0v) is 17.0. The third-order valence-electron chi connectivity index (χ3n) is 5.14. The molecule has 1 saturated heterocycles. The average molecular weight is 408 g/mol. The average Bonchev–Trinajstić information content (AvgIpc) is 3.36. The molecule has 3 heterocycles. The minimum atomic E-state index is -0.190. The number of para-hydroxylation sites is 1. The summed E-state index contributed by atoms with van der Waals surface area (Å²) in [5.41, 5.74) is 2.79. The Labute approximate surface area is 174 Å². The molecule has 30 heavy (non-hydrogen) atoms. The van der Waals surface area contributed by atoms with E-state index in [2.05, 4.69) is 20.6 Å². The number of H-pyrrole nitrogens is 1. The lowest BCUT2D eigenvalue weighted by Gasteiger charge is -2.37. The number of likely N-dealkylation sites (tertiary alicyclic amines) is 1. The fraction of sp³-hybridized carbons (Fsp3) is 0.333. The monoisotopic (exact) mass is 408 g/mol. The zero-order chi connectivity index (χ0) is 21.1. The maximum atomic E-state index is 12.7. The highest BCUT2D eigenvalue weighted by Crippen LogP contribution is 2.29. The van der Waals surface area contributed by atoms with E-state index in [4.69, 9.17) is 4.74 Å². The number of hydrogen-bond donors (Lipinski definition) is 2. The molecule has 0 atom stereocenters. The first kappa shape index (κ1) is 19.7. The largest absolute Gasteiger partial charge is 0.496 e. The Balaban J connectivity index is 1.28. The van der Waals surface area contributed by atoms with E-state index in [1.165, 1.54) is 0 Å². The van der Waals surface area contributed by atoms with Crippen molar-refractivity contribution in [1.82, 2.24) is 30.2 Å². The molecule has 0 saturated carbocycles. The number of aromatic amines is 1. The van der Waals surface area contributed by atoms with Crippen LogP contribution >= 0.6 is 0 Å². The normalized spacial score (nSPS) is 13.7. The number of ether oxygens (including phenoxy) is 1. The Hall–Kier alpha value is -3.62. The van der Waals surface area contributed by atoms with Gasteiger partial charge in [-0.05, 0) is 31.2 Å². The molecule has 1 aliphatic rings. The third-order valence-corrected chi connectivity index (χ3v) is 5.14. The molecular weight excluding hydrogens is 384 g/mol. The van der Waals surface area contributed by atoms with Crippen LogP contribution in [0.5, 0.6) is 5.75 Å². The summed E-state index contributed by atoms with van der Waals surface area (Å²) in [6, 6.07) is 11.1. The minimum absolute atomic E-state index is 0.0396. The minimum Gasteiger partial charge on any atom is -0.496 e. The van der Waals surface area contributed by atoms with E-state index in [9.17, 15) is 9.59 Å². The van der Waals surface area contributed by atoms with Crippen molar-refractivity contribution in [2.75, 3.05) is 26.7 Å². The number of amides is 2. The van der Waals surface area contributed by atoms with Crippen LogP contribution in [0.2, 0.25) is 0 Å². The number of aromatic nitrogens is 4. The lowest BCUT2D eigenvalue weighted by atomic mass is 9.98. The van der Waals surface area contributed by atoms with E-state index in [1.54, 1.807) is 22.8 Å². The lowest BCUT2D eigenvalue weighted by Crippen LogP contribution is -2.56. The van der Waals surface area contributed by atoms with Crippen LogP contribution in [0.15, 0.2) is 42.6 Å². The summed E-state index contributed by atoms with van der Waals surface area (Å²) in [7, 11) is 1.60. The Bertz CT molecular complexity index is 1050. The van der Waals surface area contributed by atoms with Crippen LogP contribution in [-0.2, 0) is 11.3 Å². The Morgan fingerprint density at radius 1 is 1.27 bits per heavy atom. The van der Waals surface area contributed by atoms with Crippen molar-refractivity contribution in [2.24, 2.45) is 5.92 Å². The van der Waals surface area contributed by atoms with Gasteiger partial charge in [-0.1, -0.05) is 12.1 Å². The van der Waals surface area contributed by atoms with Gasteiger partial charge >= 0.3 is 0 Å². The van der Waals surface area contributed by atoms with Crippen LogP contribution in [0, 0.1) is 12.8 Å². The van der Waals surface area contributed by atoms with Crippen molar-refractivity contribution < 1.29 is 14.3 Å². The molecule has 0 aliphatic carbocycles. The molecule has 0 radical (unpaired) electrons. The maximum Gasteiger partial charge on any atom is 0.271 e. The molecule has 1 aliphatic heterocycles. The maximum absolute atomic E-state index is 12.7. The van der Waals surface area contributed by atoms with Gasteiger partial charge in [-0.3, -0.25) is 19.4 Å². The summed E-state index contributed by atoms with van der Waals surface area (Å²) in [4.78, 5) is 26.6. The number of methoxy groups -OCH3 is 1. The van der Waals surface area contributed by atoms with Gasteiger partial charge in [0, 0.05) is 31.4 Å². The predicted octanol–water partition coefficient (Wildman–Crippen LogP) is 1.48. The molecular formula is C21H24N6O3. The van der Waals surface area contributed by atoms with Crippen molar-refractivity contribution in [2.45, 2.75) is 13.5 Å². The van der Waals surface area contributed by atoms with Crippen LogP contribution in [0.1, 0.15) is 16.2 Å². The van der Waals surface area contributed by atoms with E-state index in [-0.39, 0.29) is 17.7 Å². The summed E-state index contributed by atoms with van der Waals surface area (Å²) in [5.74, 6) is 0.292. The lowest BCUT2D eigenvalue weighted by molar-refractivity contribution is -0.129. The number of hydrogen-bond acceptors (Lipinski definition) is 5. The van der Waals surface area contributed by atoms with E-state index in [0.717, 1.165) is 11.3 Å². The summed E-state index contributed by atoms with van der Waals surface area (Å²) >= 11 is 0. The van der Waals surface area contributed by atoms with Crippen molar-refractivity contribution >= 4 is 11.8 Å². The molecule has 2 aromatic heterocycles. The van der Waals surface area contributed by atoms with Crippen molar-refractivity contribution in [3.8, 4) is 17.0 Å². The Morgan fingerprint density at radius 3 is 2.80 bits per heavy atom.